The molecule has 0 saturated carbocycles. The first-order valence-electron chi connectivity index (χ1n) is 10.6. The third-order valence-corrected chi connectivity index (χ3v) is 7.34. The lowest BCUT2D eigenvalue weighted by Crippen LogP contribution is -2.46. The highest BCUT2D eigenvalue weighted by atomic mass is 32.2. The highest BCUT2D eigenvalue weighted by Crippen LogP contribution is 2.21. The van der Waals surface area contributed by atoms with Crippen molar-refractivity contribution in [3.05, 3.63) is 72.6 Å². The first-order valence-corrected chi connectivity index (χ1v) is 12.0. The standard InChI is InChI=1S/C23H26N6O3S/c1-27(2)33(31,32)20-10-8-18(9-11-20)23(30)26-21-16-22(25-17-24-21)29-14-12-28(13-15-29)19-6-4-3-5-7-19/h3-11,16-17H,12-15H2,1-2H3,(H,24,25,26,30). The van der Waals surface area contributed by atoms with Crippen LogP contribution in [0.2, 0.25) is 0 Å². The van der Waals surface area contributed by atoms with Crippen molar-refractivity contribution in [2.45, 2.75) is 4.90 Å². The Balaban J connectivity index is 1.40. The molecular weight excluding hydrogens is 440 g/mol. The van der Waals surface area contributed by atoms with Gasteiger partial charge in [-0.25, -0.2) is 22.7 Å². The molecule has 2 aromatic carbocycles. The second-order valence-electron chi connectivity index (χ2n) is 7.84. The second-order valence-corrected chi connectivity index (χ2v) is 9.99. The number of nitrogens with one attached hydrogen (secondary N) is 1. The Hall–Kier alpha value is -3.50. The number of rotatable bonds is 6. The summed E-state index contributed by atoms with van der Waals surface area (Å²) in [7, 11) is -0.621. The van der Waals surface area contributed by atoms with Crippen LogP contribution in [0.3, 0.4) is 0 Å². The number of piperazine rings is 1. The van der Waals surface area contributed by atoms with E-state index in [2.05, 4.69) is 37.2 Å². The Kier molecular flexibility index (Phi) is 6.57. The average Bonchev–Trinajstić information content (AvgIpc) is 2.85. The minimum absolute atomic E-state index is 0.128. The van der Waals surface area contributed by atoms with Crippen LogP contribution in [-0.2, 0) is 10.0 Å². The van der Waals surface area contributed by atoms with Gasteiger partial charge in [0.05, 0.1) is 4.90 Å². The average molecular weight is 467 g/mol. The Bertz CT molecular complexity index is 1210. The molecule has 0 aliphatic carbocycles. The summed E-state index contributed by atoms with van der Waals surface area (Å²) >= 11 is 0. The van der Waals surface area contributed by atoms with Gasteiger partial charge in [0.25, 0.3) is 5.91 Å². The van der Waals surface area contributed by atoms with E-state index in [1.165, 1.54) is 50.4 Å². The van der Waals surface area contributed by atoms with Crippen LogP contribution in [0.15, 0.2) is 71.9 Å². The van der Waals surface area contributed by atoms with Gasteiger partial charge in [-0.3, -0.25) is 4.79 Å². The number of carbonyl (C=O) groups is 1. The van der Waals surface area contributed by atoms with Crippen molar-refractivity contribution in [3.63, 3.8) is 0 Å². The van der Waals surface area contributed by atoms with Gasteiger partial charge >= 0.3 is 0 Å². The molecule has 1 N–H and O–H groups in total. The van der Waals surface area contributed by atoms with E-state index in [9.17, 15) is 13.2 Å². The normalized spacial score (nSPS) is 14.4. The fourth-order valence-electron chi connectivity index (χ4n) is 3.60. The summed E-state index contributed by atoms with van der Waals surface area (Å²) in [4.78, 5) is 25.8. The Labute approximate surface area is 193 Å². The lowest BCUT2D eigenvalue weighted by atomic mass is 10.2. The first kappa shape index (κ1) is 22.7. The van der Waals surface area contributed by atoms with Gasteiger partial charge < -0.3 is 15.1 Å². The zero-order chi connectivity index (χ0) is 23.4. The van der Waals surface area contributed by atoms with E-state index in [0.29, 0.717) is 11.4 Å². The largest absolute Gasteiger partial charge is 0.368 e. The molecule has 1 saturated heterocycles. The summed E-state index contributed by atoms with van der Waals surface area (Å²) in [5.41, 5.74) is 1.54. The molecule has 1 aromatic heterocycles. The van der Waals surface area contributed by atoms with Crippen molar-refractivity contribution in [1.29, 1.82) is 0 Å². The number of benzene rings is 2. The van der Waals surface area contributed by atoms with Crippen molar-refractivity contribution in [3.8, 4) is 0 Å². The van der Waals surface area contributed by atoms with Crippen molar-refractivity contribution in [2.24, 2.45) is 0 Å². The number of aromatic nitrogens is 2. The van der Waals surface area contributed by atoms with Gasteiger partial charge in [0.1, 0.15) is 18.0 Å². The lowest BCUT2D eigenvalue weighted by molar-refractivity contribution is 0.102. The molecule has 10 heteroatoms. The highest BCUT2D eigenvalue weighted by molar-refractivity contribution is 7.89. The second kappa shape index (κ2) is 9.55. The summed E-state index contributed by atoms with van der Waals surface area (Å²) in [6.07, 6.45) is 1.43. The van der Waals surface area contributed by atoms with E-state index in [4.69, 9.17) is 0 Å². The van der Waals surface area contributed by atoms with Crippen molar-refractivity contribution >= 4 is 33.3 Å². The summed E-state index contributed by atoms with van der Waals surface area (Å²) in [6, 6.07) is 17.9. The van der Waals surface area contributed by atoms with E-state index >= 15 is 0 Å². The topological polar surface area (TPSA) is 98.7 Å². The summed E-state index contributed by atoms with van der Waals surface area (Å²) in [6.45, 7) is 3.36. The van der Waals surface area contributed by atoms with Crippen LogP contribution in [0.25, 0.3) is 0 Å². The molecular formula is C23H26N6O3S. The number of carbonyl (C=O) groups excluding carboxylic acids is 1. The Morgan fingerprint density at radius 1 is 0.909 bits per heavy atom. The zero-order valence-electron chi connectivity index (χ0n) is 18.5. The smallest absolute Gasteiger partial charge is 0.256 e. The lowest BCUT2D eigenvalue weighted by Gasteiger charge is -2.36. The summed E-state index contributed by atoms with van der Waals surface area (Å²) in [5.74, 6) is 0.767. The molecule has 0 atom stereocenters. The molecule has 1 fully saturated rings. The predicted octanol–water partition coefficient (Wildman–Crippen LogP) is 2.31. The molecule has 33 heavy (non-hydrogen) atoms. The van der Waals surface area contributed by atoms with Gasteiger partial charge in [-0.15, -0.1) is 0 Å². The number of hydrogen-bond donors (Lipinski definition) is 1. The molecule has 172 valence electrons. The number of para-hydroxylation sites is 1. The molecule has 0 radical (unpaired) electrons. The van der Waals surface area contributed by atoms with Crippen LogP contribution in [0, 0.1) is 0 Å². The minimum atomic E-state index is -3.55. The number of sulfonamides is 1. The van der Waals surface area contributed by atoms with E-state index < -0.39 is 10.0 Å². The van der Waals surface area contributed by atoms with E-state index in [1.54, 1.807) is 6.07 Å². The maximum atomic E-state index is 12.6. The van der Waals surface area contributed by atoms with Crippen LogP contribution in [0.1, 0.15) is 10.4 Å². The maximum absolute atomic E-state index is 12.6. The van der Waals surface area contributed by atoms with Gasteiger partial charge in [0.15, 0.2) is 0 Å². The number of nitrogens with zero attached hydrogens (tertiary/aromatic N) is 5. The van der Waals surface area contributed by atoms with Gasteiger partial charge in [0, 0.05) is 57.6 Å². The van der Waals surface area contributed by atoms with Crippen molar-refractivity contribution in [1.82, 2.24) is 14.3 Å². The molecule has 2 heterocycles. The van der Waals surface area contributed by atoms with Gasteiger partial charge in [-0.1, -0.05) is 18.2 Å². The molecule has 0 unspecified atom stereocenters. The van der Waals surface area contributed by atoms with Crippen molar-refractivity contribution in [2.75, 3.05) is 55.4 Å². The number of amides is 1. The fraction of sp³-hybridized carbons (Fsp3) is 0.261. The number of hydrogen-bond acceptors (Lipinski definition) is 7. The Morgan fingerprint density at radius 2 is 1.55 bits per heavy atom. The minimum Gasteiger partial charge on any atom is -0.368 e. The van der Waals surface area contributed by atoms with E-state index in [0.717, 1.165) is 36.3 Å². The SMILES string of the molecule is CN(C)S(=O)(=O)c1ccc(C(=O)Nc2cc(N3CCN(c4ccccc4)CC3)ncn2)cc1. The van der Waals surface area contributed by atoms with Crippen molar-refractivity contribution < 1.29 is 13.2 Å². The zero-order valence-corrected chi connectivity index (χ0v) is 19.4. The monoisotopic (exact) mass is 466 g/mol. The molecule has 0 bridgehead atoms. The summed E-state index contributed by atoms with van der Waals surface area (Å²) < 4.78 is 25.5. The quantitative estimate of drug-likeness (QED) is 0.595. The highest BCUT2D eigenvalue weighted by Gasteiger charge is 2.20. The third kappa shape index (κ3) is 5.12. The molecule has 1 amide bonds. The molecule has 0 spiro atoms. The molecule has 1 aliphatic heterocycles. The van der Waals surface area contributed by atoms with Crippen LogP contribution >= 0.6 is 0 Å². The van der Waals surface area contributed by atoms with Gasteiger partial charge in [-0.2, -0.15) is 0 Å². The molecule has 1 aliphatic rings. The van der Waals surface area contributed by atoms with Crippen LogP contribution in [0.4, 0.5) is 17.3 Å². The number of anilines is 3. The molecule has 3 aromatic rings. The van der Waals surface area contributed by atoms with Gasteiger partial charge in [0.2, 0.25) is 10.0 Å². The molecule has 9 nitrogen and oxygen atoms in total. The molecule has 4 rings (SSSR count). The van der Waals surface area contributed by atoms with Crippen LogP contribution in [0.5, 0.6) is 0 Å². The van der Waals surface area contributed by atoms with E-state index in [-0.39, 0.29) is 10.8 Å². The maximum Gasteiger partial charge on any atom is 0.256 e. The van der Waals surface area contributed by atoms with Crippen LogP contribution < -0.4 is 15.1 Å². The van der Waals surface area contributed by atoms with E-state index in [1.807, 2.05) is 18.2 Å². The third-order valence-electron chi connectivity index (χ3n) is 5.51. The predicted molar refractivity (Wildman–Crippen MR) is 128 cm³/mol. The van der Waals surface area contributed by atoms with Gasteiger partial charge in [-0.05, 0) is 36.4 Å². The first-order chi connectivity index (χ1) is 15.8. The fourth-order valence-corrected chi connectivity index (χ4v) is 4.50. The summed E-state index contributed by atoms with van der Waals surface area (Å²) in [5, 5.41) is 2.77. The van der Waals surface area contributed by atoms with Crippen LogP contribution in [-0.4, -0.2) is 68.9 Å². The Morgan fingerprint density at radius 3 is 2.18 bits per heavy atom.